The maximum absolute atomic E-state index is 8.84. The monoisotopic (exact) mass is 219 g/mol. The number of ether oxygens (including phenoxy) is 2. The Bertz CT molecular complexity index is 382. The lowest BCUT2D eigenvalue weighted by Crippen LogP contribution is -2.06. The van der Waals surface area contributed by atoms with Crippen LogP contribution in [0.15, 0.2) is 18.2 Å². The standard InChI is InChI=1S/C13H17NO2/c1-4-10(2)16-9-11-5-6-12(8-14)13(7-11)15-3/h5-7,10H,4,9H2,1-3H3. The minimum Gasteiger partial charge on any atom is -0.495 e. The van der Waals surface area contributed by atoms with Crippen molar-refractivity contribution in [2.45, 2.75) is 33.0 Å². The molecule has 0 amide bonds. The molecule has 86 valence electrons. The summed E-state index contributed by atoms with van der Waals surface area (Å²) < 4.78 is 10.7. The lowest BCUT2D eigenvalue weighted by atomic mass is 10.1. The molecule has 1 atom stereocenters. The van der Waals surface area contributed by atoms with E-state index in [1.165, 1.54) is 0 Å². The molecule has 0 spiro atoms. The van der Waals surface area contributed by atoms with E-state index in [0.717, 1.165) is 12.0 Å². The first kappa shape index (κ1) is 12.5. The Kier molecular flexibility index (Phi) is 4.81. The first-order valence-corrected chi connectivity index (χ1v) is 5.39. The van der Waals surface area contributed by atoms with Crippen LogP contribution in [-0.2, 0) is 11.3 Å². The molecule has 16 heavy (non-hydrogen) atoms. The van der Waals surface area contributed by atoms with Crippen LogP contribution in [0, 0.1) is 11.3 Å². The molecule has 0 aliphatic heterocycles. The van der Waals surface area contributed by atoms with Gasteiger partial charge in [-0.15, -0.1) is 0 Å². The van der Waals surface area contributed by atoms with Crippen molar-refractivity contribution in [1.82, 2.24) is 0 Å². The number of hydrogen-bond donors (Lipinski definition) is 0. The van der Waals surface area contributed by atoms with Crippen molar-refractivity contribution >= 4 is 0 Å². The molecule has 0 fully saturated rings. The summed E-state index contributed by atoms with van der Waals surface area (Å²) >= 11 is 0. The molecule has 0 heterocycles. The van der Waals surface area contributed by atoms with Gasteiger partial charge in [-0.1, -0.05) is 13.0 Å². The van der Waals surface area contributed by atoms with E-state index < -0.39 is 0 Å². The van der Waals surface area contributed by atoms with Crippen molar-refractivity contribution in [1.29, 1.82) is 5.26 Å². The molecule has 1 rings (SSSR count). The van der Waals surface area contributed by atoms with E-state index >= 15 is 0 Å². The highest BCUT2D eigenvalue weighted by Crippen LogP contribution is 2.20. The average Bonchev–Trinajstić information content (AvgIpc) is 2.35. The van der Waals surface area contributed by atoms with Crippen molar-refractivity contribution in [3.05, 3.63) is 29.3 Å². The van der Waals surface area contributed by atoms with Crippen LogP contribution >= 0.6 is 0 Å². The van der Waals surface area contributed by atoms with Crippen LogP contribution in [0.4, 0.5) is 0 Å². The summed E-state index contributed by atoms with van der Waals surface area (Å²) in [6, 6.07) is 7.58. The van der Waals surface area contributed by atoms with Crippen LogP contribution in [0.25, 0.3) is 0 Å². The summed E-state index contributed by atoms with van der Waals surface area (Å²) in [7, 11) is 1.56. The molecule has 0 bridgehead atoms. The summed E-state index contributed by atoms with van der Waals surface area (Å²) in [6.45, 7) is 4.68. The van der Waals surface area contributed by atoms with E-state index in [4.69, 9.17) is 14.7 Å². The van der Waals surface area contributed by atoms with Gasteiger partial charge in [-0.3, -0.25) is 0 Å². The third-order valence-corrected chi connectivity index (χ3v) is 2.50. The Balaban J connectivity index is 2.72. The van der Waals surface area contributed by atoms with Crippen LogP contribution in [-0.4, -0.2) is 13.2 Å². The zero-order valence-corrected chi connectivity index (χ0v) is 9.99. The van der Waals surface area contributed by atoms with E-state index in [-0.39, 0.29) is 6.10 Å². The number of nitriles is 1. The summed E-state index contributed by atoms with van der Waals surface area (Å²) in [5.41, 5.74) is 1.57. The van der Waals surface area contributed by atoms with Crippen LogP contribution in [0.3, 0.4) is 0 Å². The van der Waals surface area contributed by atoms with E-state index in [1.807, 2.05) is 19.1 Å². The molecule has 0 aromatic heterocycles. The number of rotatable bonds is 5. The summed E-state index contributed by atoms with van der Waals surface area (Å²) in [4.78, 5) is 0. The van der Waals surface area contributed by atoms with Crippen molar-refractivity contribution < 1.29 is 9.47 Å². The Hall–Kier alpha value is -1.53. The van der Waals surface area contributed by atoms with E-state index in [1.54, 1.807) is 13.2 Å². The molecule has 3 heteroatoms. The molecule has 0 aliphatic carbocycles. The number of benzene rings is 1. The molecule has 3 nitrogen and oxygen atoms in total. The van der Waals surface area contributed by atoms with Gasteiger partial charge in [0.1, 0.15) is 11.8 Å². The largest absolute Gasteiger partial charge is 0.495 e. The van der Waals surface area contributed by atoms with Gasteiger partial charge in [0.2, 0.25) is 0 Å². The maximum atomic E-state index is 8.84. The van der Waals surface area contributed by atoms with Crippen molar-refractivity contribution in [3.8, 4) is 11.8 Å². The van der Waals surface area contributed by atoms with Gasteiger partial charge < -0.3 is 9.47 Å². The first-order valence-electron chi connectivity index (χ1n) is 5.39. The molecule has 1 aromatic rings. The van der Waals surface area contributed by atoms with Gasteiger partial charge in [0.15, 0.2) is 0 Å². The number of nitrogens with zero attached hydrogens (tertiary/aromatic N) is 1. The Morgan fingerprint density at radius 1 is 1.44 bits per heavy atom. The Morgan fingerprint density at radius 2 is 2.19 bits per heavy atom. The van der Waals surface area contributed by atoms with Gasteiger partial charge >= 0.3 is 0 Å². The zero-order valence-electron chi connectivity index (χ0n) is 9.99. The first-order chi connectivity index (χ1) is 7.71. The SMILES string of the molecule is CCC(C)OCc1ccc(C#N)c(OC)c1. The highest BCUT2D eigenvalue weighted by molar-refractivity contribution is 5.45. The maximum Gasteiger partial charge on any atom is 0.136 e. The van der Waals surface area contributed by atoms with E-state index in [2.05, 4.69) is 13.0 Å². The van der Waals surface area contributed by atoms with Crippen molar-refractivity contribution in [2.75, 3.05) is 7.11 Å². The fourth-order valence-electron chi connectivity index (χ4n) is 1.27. The summed E-state index contributed by atoms with van der Waals surface area (Å²) in [6.07, 6.45) is 1.24. The third kappa shape index (κ3) is 3.25. The lowest BCUT2D eigenvalue weighted by molar-refractivity contribution is 0.0507. The van der Waals surface area contributed by atoms with Crippen LogP contribution in [0.5, 0.6) is 5.75 Å². The van der Waals surface area contributed by atoms with Crippen LogP contribution in [0.1, 0.15) is 31.4 Å². The number of methoxy groups -OCH3 is 1. The number of hydrogen-bond acceptors (Lipinski definition) is 3. The quantitative estimate of drug-likeness (QED) is 0.764. The van der Waals surface area contributed by atoms with E-state index in [9.17, 15) is 0 Å². The highest BCUT2D eigenvalue weighted by Gasteiger charge is 2.05. The topological polar surface area (TPSA) is 42.2 Å². The molecular formula is C13H17NO2. The molecule has 1 unspecified atom stereocenters. The average molecular weight is 219 g/mol. The Morgan fingerprint density at radius 3 is 2.75 bits per heavy atom. The predicted molar refractivity (Wildman–Crippen MR) is 62.3 cm³/mol. The second-order valence-corrected chi connectivity index (χ2v) is 3.68. The Labute approximate surface area is 96.6 Å². The zero-order chi connectivity index (χ0) is 12.0. The minimum absolute atomic E-state index is 0.252. The predicted octanol–water partition coefficient (Wildman–Crippen LogP) is 2.88. The van der Waals surface area contributed by atoms with Gasteiger partial charge in [0.05, 0.1) is 25.4 Å². The molecule has 0 N–H and O–H groups in total. The second kappa shape index (κ2) is 6.14. The van der Waals surface area contributed by atoms with Gasteiger partial charge in [0.25, 0.3) is 0 Å². The molecule has 0 aliphatic rings. The summed E-state index contributed by atoms with van der Waals surface area (Å²) in [5.74, 6) is 0.604. The smallest absolute Gasteiger partial charge is 0.136 e. The van der Waals surface area contributed by atoms with Crippen LogP contribution in [0.2, 0.25) is 0 Å². The van der Waals surface area contributed by atoms with Gasteiger partial charge in [-0.05, 0) is 31.0 Å². The molecule has 0 radical (unpaired) electrons. The van der Waals surface area contributed by atoms with Gasteiger partial charge in [-0.25, -0.2) is 0 Å². The third-order valence-electron chi connectivity index (χ3n) is 2.50. The van der Waals surface area contributed by atoms with Gasteiger partial charge in [0, 0.05) is 0 Å². The second-order valence-electron chi connectivity index (χ2n) is 3.68. The minimum atomic E-state index is 0.252. The van der Waals surface area contributed by atoms with Gasteiger partial charge in [-0.2, -0.15) is 5.26 Å². The van der Waals surface area contributed by atoms with Crippen LogP contribution < -0.4 is 4.74 Å². The lowest BCUT2D eigenvalue weighted by Gasteiger charge is -2.11. The van der Waals surface area contributed by atoms with Crippen molar-refractivity contribution in [2.24, 2.45) is 0 Å². The molecular weight excluding hydrogens is 202 g/mol. The molecule has 1 aromatic carbocycles. The fraction of sp³-hybridized carbons (Fsp3) is 0.462. The molecule has 0 saturated carbocycles. The normalized spacial score (nSPS) is 11.9. The highest BCUT2D eigenvalue weighted by atomic mass is 16.5. The van der Waals surface area contributed by atoms with E-state index in [0.29, 0.717) is 17.9 Å². The van der Waals surface area contributed by atoms with Crippen molar-refractivity contribution in [3.63, 3.8) is 0 Å². The summed E-state index contributed by atoms with van der Waals surface area (Å²) in [5, 5.41) is 8.84. The fourth-order valence-corrected chi connectivity index (χ4v) is 1.27. The molecule has 0 saturated heterocycles.